The third kappa shape index (κ3) is 2.99. The number of nitrogens with zero attached hydrogens (tertiary/aromatic N) is 3. The van der Waals surface area contributed by atoms with Crippen molar-refractivity contribution < 1.29 is 8.42 Å². The van der Waals surface area contributed by atoms with Gasteiger partial charge in [-0.2, -0.15) is 5.10 Å². The summed E-state index contributed by atoms with van der Waals surface area (Å²) >= 11 is 0. The summed E-state index contributed by atoms with van der Waals surface area (Å²) in [5, 5.41) is 3.87. The second kappa shape index (κ2) is 4.95. The van der Waals surface area contributed by atoms with Crippen LogP contribution in [0.15, 0.2) is 46.5 Å². The molecule has 0 radical (unpaired) electrons. The predicted octanol–water partition coefficient (Wildman–Crippen LogP) is 0.672. The van der Waals surface area contributed by atoms with E-state index in [1.165, 1.54) is 27.7 Å². The molecule has 8 heteroatoms. The van der Waals surface area contributed by atoms with Crippen LogP contribution in [0.5, 0.6) is 0 Å². The van der Waals surface area contributed by atoms with Crippen LogP contribution < -0.4 is 5.56 Å². The number of aromatic nitrogens is 3. The minimum absolute atomic E-state index is 0.0513. The molecule has 6 nitrogen and oxygen atoms in total. The molecule has 18 heavy (non-hydrogen) atoms. The SMILES string of the molecule is O=c1ccccn1CCn1cc(S(=O)(=O)Cl)cn1. The summed E-state index contributed by atoms with van der Waals surface area (Å²) in [6.07, 6.45) is 4.16. The third-order valence-corrected chi connectivity index (χ3v) is 3.67. The maximum Gasteiger partial charge on any atom is 0.264 e. The molecule has 0 amide bonds. The van der Waals surface area contributed by atoms with Crippen LogP contribution in [0.3, 0.4) is 0 Å². The van der Waals surface area contributed by atoms with Crippen LogP contribution in [-0.4, -0.2) is 22.8 Å². The molecule has 2 rings (SSSR count). The Kier molecular flexibility index (Phi) is 3.53. The standard InChI is InChI=1S/C10H10ClN3O3S/c11-18(16,17)9-7-12-14(8-9)6-5-13-4-2-1-3-10(13)15/h1-4,7-8H,5-6H2. The van der Waals surface area contributed by atoms with Crippen LogP contribution >= 0.6 is 10.7 Å². The molecule has 96 valence electrons. The molecule has 0 atom stereocenters. The van der Waals surface area contributed by atoms with Gasteiger partial charge in [0.15, 0.2) is 0 Å². The summed E-state index contributed by atoms with van der Waals surface area (Å²) in [5.74, 6) is 0. The number of pyridine rings is 1. The third-order valence-electron chi connectivity index (χ3n) is 2.36. The van der Waals surface area contributed by atoms with E-state index in [9.17, 15) is 13.2 Å². The highest BCUT2D eigenvalue weighted by molar-refractivity contribution is 8.13. The van der Waals surface area contributed by atoms with E-state index in [2.05, 4.69) is 5.10 Å². The summed E-state index contributed by atoms with van der Waals surface area (Å²) in [5.41, 5.74) is -0.116. The molecule has 0 saturated heterocycles. The second-order valence-electron chi connectivity index (χ2n) is 3.61. The van der Waals surface area contributed by atoms with Crippen LogP contribution in [0.2, 0.25) is 0 Å². The number of rotatable bonds is 4. The zero-order chi connectivity index (χ0) is 13.2. The van der Waals surface area contributed by atoms with Crippen LogP contribution in [0.4, 0.5) is 0 Å². The van der Waals surface area contributed by atoms with Gasteiger partial charge in [-0.05, 0) is 6.07 Å². The molecule has 0 bridgehead atoms. The second-order valence-corrected chi connectivity index (χ2v) is 6.18. The molecule has 0 fully saturated rings. The first-order chi connectivity index (χ1) is 8.47. The van der Waals surface area contributed by atoms with Gasteiger partial charge in [0.2, 0.25) is 0 Å². The number of hydrogen-bond acceptors (Lipinski definition) is 4. The summed E-state index contributed by atoms with van der Waals surface area (Å²) in [4.78, 5) is 11.4. The number of aryl methyl sites for hydroxylation is 2. The van der Waals surface area contributed by atoms with Crippen LogP contribution in [0, 0.1) is 0 Å². The van der Waals surface area contributed by atoms with E-state index in [4.69, 9.17) is 10.7 Å². The Morgan fingerprint density at radius 2 is 2.06 bits per heavy atom. The predicted molar refractivity (Wildman–Crippen MR) is 66.0 cm³/mol. The van der Waals surface area contributed by atoms with Gasteiger partial charge in [0, 0.05) is 35.7 Å². The maximum absolute atomic E-state index is 11.4. The molecule has 0 saturated carbocycles. The van der Waals surface area contributed by atoms with Crippen molar-refractivity contribution in [2.75, 3.05) is 0 Å². The highest BCUT2D eigenvalue weighted by Gasteiger charge is 2.12. The molecular formula is C10H10ClN3O3S. The first kappa shape index (κ1) is 12.8. The van der Waals surface area contributed by atoms with E-state index in [1.54, 1.807) is 18.3 Å². The Labute approximate surface area is 108 Å². The molecule has 0 unspecified atom stereocenters. The first-order valence-electron chi connectivity index (χ1n) is 5.09. The lowest BCUT2D eigenvalue weighted by atomic mass is 10.4. The maximum atomic E-state index is 11.4. The minimum Gasteiger partial charge on any atom is -0.314 e. The Hall–Kier alpha value is -1.60. The van der Waals surface area contributed by atoms with E-state index in [-0.39, 0.29) is 10.5 Å². The van der Waals surface area contributed by atoms with E-state index in [0.29, 0.717) is 13.1 Å². The van der Waals surface area contributed by atoms with Crippen molar-refractivity contribution in [1.29, 1.82) is 0 Å². The van der Waals surface area contributed by atoms with Gasteiger partial charge in [0.1, 0.15) is 4.90 Å². The molecule has 0 N–H and O–H groups in total. The van der Waals surface area contributed by atoms with Crippen LogP contribution in [0.25, 0.3) is 0 Å². The lowest BCUT2D eigenvalue weighted by molar-refractivity contribution is 0.523. The van der Waals surface area contributed by atoms with Crippen LogP contribution in [0.1, 0.15) is 0 Å². The zero-order valence-electron chi connectivity index (χ0n) is 9.23. The summed E-state index contributed by atoms with van der Waals surface area (Å²) in [7, 11) is 1.43. The molecule has 2 heterocycles. The fraction of sp³-hybridized carbons (Fsp3) is 0.200. The van der Waals surface area contributed by atoms with Gasteiger partial charge in [-0.15, -0.1) is 0 Å². The van der Waals surface area contributed by atoms with Crippen LogP contribution in [-0.2, 0) is 22.1 Å². The Morgan fingerprint density at radius 3 is 2.67 bits per heavy atom. The lowest BCUT2D eigenvalue weighted by Gasteiger charge is -2.04. The molecule has 0 aliphatic carbocycles. The van der Waals surface area contributed by atoms with Crippen molar-refractivity contribution in [2.45, 2.75) is 18.0 Å². The zero-order valence-corrected chi connectivity index (χ0v) is 10.8. The van der Waals surface area contributed by atoms with E-state index < -0.39 is 9.05 Å². The summed E-state index contributed by atoms with van der Waals surface area (Å²) < 4.78 is 25.0. The topological polar surface area (TPSA) is 74.0 Å². The highest BCUT2D eigenvalue weighted by Crippen LogP contribution is 2.12. The molecule has 0 aromatic carbocycles. The Bertz CT molecular complexity index is 705. The number of halogens is 1. The van der Waals surface area contributed by atoms with Gasteiger partial charge in [0.05, 0.1) is 12.7 Å². The van der Waals surface area contributed by atoms with Crippen molar-refractivity contribution in [3.8, 4) is 0 Å². The minimum atomic E-state index is -3.75. The molecule has 2 aromatic rings. The quantitative estimate of drug-likeness (QED) is 0.775. The Morgan fingerprint density at radius 1 is 1.28 bits per heavy atom. The monoisotopic (exact) mass is 287 g/mol. The highest BCUT2D eigenvalue weighted by atomic mass is 35.7. The van der Waals surface area contributed by atoms with Gasteiger partial charge in [0.25, 0.3) is 14.6 Å². The average molecular weight is 288 g/mol. The van der Waals surface area contributed by atoms with Crippen molar-refractivity contribution in [2.24, 2.45) is 0 Å². The smallest absolute Gasteiger partial charge is 0.264 e. The van der Waals surface area contributed by atoms with Gasteiger partial charge in [-0.25, -0.2) is 8.42 Å². The average Bonchev–Trinajstić information content (AvgIpc) is 2.76. The summed E-state index contributed by atoms with van der Waals surface area (Å²) in [6, 6.07) is 4.86. The van der Waals surface area contributed by atoms with E-state index >= 15 is 0 Å². The normalized spacial score (nSPS) is 11.6. The van der Waals surface area contributed by atoms with Crippen molar-refractivity contribution in [1.82, 2.24) is 14.3 Å². The Balaban J connectivity index is 2.10. The van der Waals surface area contributed by atoms with Gasteiger partial charge in [-0.3, -0.25) is 9.48 Å². The molecule has 0 aliphatic rings. The van der Waals surface area contributed by atoms with Crippen molar-refractivity contribution >= 4 is 19.7 Å². The summed E-state index contributed by atoms with van der Waals surface area (Å²) in [6.45, 7) is 0.791. The fourth-order valence-electron chi connectivity index (χ4n) is 1.45. The number of hydrogen-bond donors (Lipinski definition) is 0. The van der Waals surface area contributed by atoms with E-state index in [0.717, 1.165) is 0 Å². The van der Waals surface area contributed by atoms with Crippen molar-refractivity contribution in [3.63, 3.8) is 0 Å². The molecular weight excluding hydrogens is 278 g/mol. The lowest BCUT2D eigenvalue weighted by Crippen LogP contribution is -2.20. The molecule has 2 aromatic heterocycles. The molecule has 0 spiro atoms. The molecule has 0 aliphatic heterocycles. The fourth-order valence-corrected chi connectivity index (χ4v) is 2.11. The largest absolute Gasteiger partial charge is 0.314 e. The first-order valence-corrected chi connectivity index (χ1v) is 7.40. The van der Waals surface area contributed by atoms with E-state index in [1.807, 2.05) is 0 Å². The van der Waals surface area contributed by atoms with Gasteiger partial charge in [-0.1, -0.05) is 6.07 Å². The van der Waals surface area contributed by atoms with Crippen molar-refractivity contribution in [3.05, 3.63) is 47.1 Å². The van der Waals surface area contributed by atoms with Gasteiger partial charge < -0.3 is 4.57 Å². The van der Waals surface area contributed by atoms with Gasteiger partial charge >= 0.3 is 0 Å².